The molecule has 2 fully saturated rings. The molecule has 1 amide bonds. The van der Waals surface area contributed by atoms with Crippen LogP contribution in [0, 0.1) is 17.3 Å². The number of primary amides is 1. The summed E-state index contributed by atoms with van der Waals surface area (Å²) in [5.41, 5.74) is 7.72. The zero-order valence-electron chi connectivity index (χ0n) is 30.2. The van der Waals surface area contributed by atoms with Gasteiger partial charge in [0.05, 0.1) is 57.1 Å². The van der Waals surface area contributed by atoms with Crippen LogP contribution in [-0.2, 0) is 47.2 Å². The number of methoxy groups -OCH3 is 1. The number of carbonyl (C=O) groups is 2. The van der Waals surface area contributed by atoms with Crippen molar-refractivity contribution < 1.29 is 43.5 Å². The molecule has 1 aromatic rings. The van der Waals surface area contributed by atoms with Crippen LogP contribution < -0.4 is 20.7 Å². The number of fused-ring (bicyclic) bond motifs is 6. The standard InChI is InChI=1S/C36H52N4O9/c1-33(2,3)38-18-21(41)14-20-17-24(39(5)6)22-15-19-16-23-28(40(7)8)29(42)27(32(37)44)36(48-12-13-49-36)34(23,4)31(43)25(19)35(46-10-11-47-35)26(22)30(20)45-9/h17,19,23,28,38,42-43H,10-16,18H2,1-9H3,(H2,37,44)/t19-,23-,28-,34+/m0/s1. The van der Waals surface area contributed by atoms with Gasteiger partial charge in [-0.15, -0.1) is 0 Å². The number of anilines is 1. The third-order valence-corrected chi connectivity index (χ3v) is 11.0. The van der Waals surface area contributed by atoms with Crippen LogP contribution in [0.15, 0.2) is 28.7 Å². The molecular formula is C36H52N4O9. The van der Waals surface area contributed by atoms with Crippen molar-refractivity contribution in [3.8, 4) is 5.75 Å². The van der Waals surface area contributed by atoms with Gasteiger partial charge in [0.25, 0.3) is 5.91 Å². The number of nitrogens with one attached hydrogen (secondary N) is 1. The van der Waals surface area contributed by atoms with Crippen LogP contribution in [0.1, 0.15) is 50.8 Å². The Hall–Kier alpha value is -3.20. The summed E-state index contributed by atoms with van der Waals surface area (Å²) in [6.45, 7) is 8.78. The van der Waals surface area contributed by atoms with Crippen molar-refractivity contribution in [3.05, 3.63) is 45.4 Å². The van der Waals surface area contributed by atoms with Crippen molar-refractivity contribution in [1.29, 1.82) is 0 Å². The highest BCUT2D eigenvalue weighted by Crippen LogP contribution is 2.67. The van der Waals surface area contributed by atoms with E-state index in [0.29, 0.717) is 35.3 Å². The van der Waals surface area contributed by atoms with E-state index in [2.05, 4.69) is 5.32 Å². The Morgan fingerprint density at radius 1 is 1.06 bits per heavy atom. The number of Topliss-reactive ketones (excluding diaryl/α,β-unsaturated/α-hetero) is 1. The van der Waals surface area contributed by atoms with Crippen molar-refractivity contribution in [3.63, 3.8) is 0 Å². The number of likely N-dealkylation sites (N-methyl/N-ethyl adjacent to an activating group) is 1. The number of ketones is 1. The number of nitrogens with two attached hydrogens (primary N) is 1. The van der Waals surface area contributed by atoms with Crippen molar-refractivity contribution in [2.45, 2.75) is 70.1 Å². The highest BCUT2D eigenvalue weighted by Gasteiger charge is 2.72. The number of aliphatic hydroxyl groups is 2. The van der Waals surface area contributed by atoms with Crippen LogP contribution in [0.25, 0.3) is 0 Å². The highest BCUT2D eigenvalue weighted by atomic mass is 16.7. The van der Waals surface area contributed by atoms with Gasteiger partial charge in [0, 0.05) is 48.8 Å². The van der Waals surface area contributed by atoms with E-state index in [0.717, 1.165) is 11.3 Å². The number of rotatable bonds is 8. The maximum Gasteiger partial charge on any atom is 0.253 e. The Kier molecular flexibility index (Phi) is 8.90. The molecule has 5 aliphatic rings. The molecule has 2 saturated heterocycles. The first-order valence-electron chi connectivity index (χ1n) is 17.0. The van der Waals surface area contributed by atoms with E-state index in [1.54, 1.807) is 7.11 Å². The van der Waals surface area contributed by atoms with E-state index in [-0.39, 0.29) is 73.7 Å². The average Bonchev–Trinajstić information content (AvgIpc) is 3.69. The first-order chi connectivity index (χ1) is 22.9. The van der Waals surface area contributed by atoms with Gasteiger partial charge in [0.1, 0.15) is 22.8 Å². The molecule has 49 heavy (non-hydrogen) atoms. The lowest BCUT2D eigenvalue weighted by Crippen LogP contribution is -2.67. The lowest BCUT2D eigenvalue weighted by Gasteiger charge is -2.60. The number of nitrogens with zero attached hydrogens (tertiary/aromatic N) is 2. The van der Waals surface area contributed by atoms with Gasteiger partial charge in [-0.05, 0) is 72.2 Å². The van der Waals surface area contributed by atoms with Crippen LogP contribution in [0.4, 0.5) is 5.69 Å². The Balaban J connectivity index is 1.61. The van der Waals surface area contributed by atoms with Gasteiger partial charge in [-0.2, -0.15) is 0 Å². The third-order valence-electron chi connectivity index (χ3n) is 11.0. The number of benzene rings is 1. The van der Waals surface area contributed by atoms with Gasteiger partial charge >= 0.3 is 0 Å². The van der Waals surface area contributed by atoms with Gasteiger partial charge in [-0.1, -0.05) is 0 Å². The van der Waals surface area contributed by atoms with Crippen molar-refractivity contribution in [2.24, 2.45) is 23.0 Å². The summed E-state index contributed by atoms with van der Waals surface area (Å²) < 4.78 is 32.0. The number of amides is 1. The first-order valence-corrected chi connectivity index (χ1v) is 17.0. The molecule has 13 heteroatoms. The number of ether oxygens (including phenoxy) is 5. The predicted molar refractivity (Wildman–Crippen MR) is 181 cm³/mol. The Morgan fingerprint density at radius 3 is 2.20 bits per heavy atom. The maximum absolute atomic E-state index is 13.4. The molecule has 5 N–H and O–H groups in total. The van der Waals surface area contributed by atoms with Crippen molar-refractivity contribution >= 4 is 17.4 Å². The predicted octanol–water partition coefficient (Wildman–Crippen LogP) is 2.46. The van der Waals surface area contributed by atoms with Gasteiger partial charge < -0.3 is 49.8 Å². The molecule has 6 rings (SSSR count). The summed E-state index contributed by atoms with van der Waals surface area (Å²) in [4.78, 5) is 30.4. The zero-order chi connectivity index (χ0) is 35.8. The number of hydrogen-bond acceptors (Lipinski definition) is 12. The molecule has 2 heterocycles. The van der Waals surface area contributed by atoms with Crippen LogP contribution in [0.2, 0.25) is 0 Å². The second-order valence-corrected chi connectivity index (χ2v) is 15.5. The lowest BCUT2D eigenvalue weighted by atomic mass is 9.51. The Bertz CT molecular complexity index is 1600. The summed E-state index contributed by atoms with van der Waals surface area (Å²) in [5, 5.41) is 27.9. The molecule has 2 aliphatic heterocycles. The summed E-state index contributed by atoms with van der Waals surface area (Å²) in [7, 11) is 9.11. The van der Waals surface area contributed by atoms with Gasteiger partial charge in [-0.3, -0.25) is 14.5 Å². The topological polar surface area (TPSA) is 165 Å². The van der Waals surface area contributed by atoms with E-state index >= 15 is 0 Å². The quantitative estimate of drug-likeness (QED) is 0.317. The Labute approximate surface area is 288 Å². The largest absolute Gasteiger partial charge is 0.511 e. The van der Waals surface area contributed by atoms with Crippen molar-refractivity contribution in [1.82, 2.24) is 10.2 Å². The molecule has 1 aromatic carbocycles. The first kappa shape index (κ1) is 35.6. The van der Waals surface area contributed by atoms with E-state index in [1.165, 1.54) is 0 Å². The van der Waals surface area contributed by atoms with E-state index in [4.69, 9.17) is 29.4 Å². The van der Waals surface area contributed by atoms with E-state index in [9.17, 15) is 19.8 Å². The second kappa shape index (κ2) is 12.2. The molecule has 0 aromatic heterocycles. The fourth-order valence-corrected chi connectivity index (χ4v) is 9.07. The second-order valence-electron chi connectivity index (χ2n) is 15.5. The van der Waals surface area contributed by atoms with Crippen LogP contribution in [0.3, 0.4) is 0 Å². The molecule has 13 nitrogen and oxygen atoms in total. The molecular weight excluding hydrogens is 632 g/mol. The zero-order valence-corrected chi connectivity index (χ0v) is 30.2. The third kappa shape index (κ3) is 5.19. The number of carbonyl (C=O) groups excluding carboxylic acids is 2. The fourth-order valence-electron chi connectivity index (χ4n) is 9.07. The van der Waals surface area contributed by atoms with Gasteiger partial charge in [-0.25, -0.2) is 0 Å². The monoisotopic (exact) mass is 684 g/mol. The summed E-state index contributed by atoms with van der Waals surface area (Å²) in [6, 6.07) is 1.32. The van der Waals surface area contributed by atoms with Gasteiger partial charge in [0.15, 0.2) is 5.78 Å². The minimum absolute atomic E-state index is 0.0102. The van der Waals surface area contributed by atoms with Crippen molar-refractivity contribution in [2.75, 3.05) is 73.2 Å². The highest BCUT2D eigenvalue weighted by molar-refractivity contribution is 5.95. The molecule has 0 unspecified atom stereocenters. The van der Waals surface area contributed by atoms with Gasteiger partial charge in [0.2, 0.25) is 11.6 Å². The van der Waals surface area contributed by atoms with Crippen LogP contribution in [-0.4, -0.2) is 112 Å². The average molecular weight is 685 g/mol. The lowest BCUT2D eigenvalue weighted by molar-refractivity contribution is -0.245. The Morgan fingerprint density at radius 2 is 1.67 bits per heavy atom. The summed E-state index contributed by atoms with van der Waals surface area (Å²) in [5.74, 6) is -4.96. The summed E-state index contributed by atoms with van der Waals surface area (Å²) in [6.07, 6.45) is 1.05. The van der Waals surface area contributed by atoms with Crippen LogP contribution >= 0.6 is 0 Å². The van der Waals surface area contributed by atoms with E-state index < -0.39 is 34.9 Å². The smallest absolute Gasteiger partial charge is 0.253 e. The molecule has 0 radical (unpaired) electrons. The molecule has 3 aliphatic carbocycles. The maximum atomic E-state index is 13.4. The molecule has 270 valence electrons. The SMILES string of the molecule is COc1c(CC(=O)CNC(C)(C)C)cc(N(C)C)c2c1C1(OCCO1)C1=C(O)[C@@]3(C)[C@@H](C[C@@H]1C2)[C@H](N(C)C)C(O)=C(C(N)=O)C31OCCO1. The number of hydrogen-bond donors (Lipinski definition) is 4. The molecule has 4 atom stereocenters. The molecule has 2 spiro atoms. The normalized spacial score (nSPS) is 28.6. The molecule has 0 saturated carbocycles. The van der Waals surface area contributed by atoms with Crippen LogP contribution in [0.5, 0.6) is 5.75 Å². The minimum Gasteiger partial charge on any atom is -0.511 e. The molecule has 0 bridgehead atoms. The fraction of sp³-hybridized carbons (Fsp3) is 0.667. The minimum atomic E-state index is -1.85. The number of aliphatic hydroxyl groups excluding tert-OH is 2. The van der Waals surface area contributed by atoms with E-state index in [1.807, 2.05) is 71.8 Å². The summed E-state index contributed by atoms with van der Waals surface area (Å²) >= 11 is 0.